The molecule has 1 saturated carbocycles. The van der Waals surface area contributed by atoms with Gasteiger partial charge in [-0.15, -0.1) is 11.3 Å². The van der Waals surface area contributed by atoms with E-state index in [2.05, 4.69) is 13.8 Å². The summed E-state index contributed by atoms with van der Waals surface area (Å²) >= 11 is 1.62. The van der Waals surface area contributed by atoms with Gasteiger partial charge in [0.15, 0.2) is 5.78 Å². The number of carbonyl (C=O) groups is 2. The highest BCUT2D eigenvalue weighted by atomic mass is 32.1. The Bertz CT molecular complexity index is 1010. The maximum absolute atomic E-state index is 13.2. The largest absolute Gasteiger partial charge is 0.299 e. The molecule has 3 aliphatic rings. The van der Waals surface area contributed by atoms with Gasteiger partial charge in [-0.05, 0) is 23.3 Å². The number of aliphatic imine (C=N–C) groups is 1. The number of hydrogen-bond acceptors (Lipinski definition) is 4. The lowest BCUT2D eigenvalue weighted by atomic mass is 9.64. The van der Waals surface area contributed by atoms with Crippen LogP contribution in [0.3, 0.4) is 0 Å². The second-order valence-corrected chi connectivity index (χ2v) is 9.17. The summed E-state index contributed by atoms with van der Waals surface area (Å²) in [5, 5.41) is 2.02. The van der Waals surface area contributed by atoms with Crippen molar-refractivity contribution in [3.63, 3.8) is 0 Å². The van der Waals surface area contributed by atoms with Gasteiger partial charge in [0.05, 0.1) is 11.6 Å². The maximum Gasteiger partial charge on any atom is 0.192 e. The highest BCUT2D eigenvalue weighted by molar-refractivity contribution is 7.10. The first kappa shape index (κ1) is 15.9. The van der Waals surface area contributed by atoms with Crippen molar-refractivity contribution in [1.29, 1.82) is 0 Å². The second kappa shape index (κ2) is 5.34. The molecule has 1 aliphatic heterocycles. The molecule has 0 radical (unpaired) electrons. The molecule has 0 saturated heterocycles. The standard InChI is InChI=1S/C22H19NO2S/c1-22(2)10-14-17(15(24)11-22)18(16-8-5-9-26-16)19-20(23-14)12-6-3-4-7-13(12)21(19)25/h3-9,17-18H,10-11H2,1-2H3/t17?,18-/m1/s1. The van der Waals surface area contributed by atoms with E-state index in [0.717, 1.165) is 33.8 Å². The minimum absolute atomic E-state index is 0.0365. The van der Waals surface area contributed by atoms with Crippen LogP contribution in [0.25, 0.3) is 5.70 Å². The molecule has 0 bridgehead atoms. The van der Waals surface area contributed by atoms with Crippen molar-refractivity contribution in [3.05, 3.63) is 63.4 Å². The predicted octanol–water partition coefficient (Wildman–Crippen LogP) is 4.90. The lowest BCUT2D eigenvalue weighted by Crippen LogP contribution is -2.43. The van der Waals surface area contributed by atoms with Gasteiger partial charge in [-0.2, -0.15) is 0 Å². The van der Waals surface area contributed by atoms with E-state index in [-0.39, 0.29) is 28.8 Å². The summed E-state index contributed by atoms with van der Waals surface area (Å²) in [6.07, 6.45) is 1.35. The van der Waals surface area contributed by atoms with Crippen molar-refractivity contribution >= 4 is 34.3 Å². The Hall–Kier alpha value is -2.33. The molecule has 0 amide bonds. The summed E-state index contributed by atoms with van der Waals surface area (Å²) < 4.78 is 0. The maximum atomic E-state index is 13.2. The van der Waals surface area contributed by atoms with E-state index in [1.165, 1.54) is 0 Å². The van der Waals surface area contributed by atoms with Crippen molar-refractivity contribution < 1.29 is 9.59 Å². The van der Waals surface area contributed by atoms with Crippen LogP contribution in [0.15, 0.2) is 52.3 Å². The van der Waals surface area contributed by atoms with Gasteiger partial charge in [0.25, 0.3) is 0 Å². The second-order valence-electron chi connectivity index (χ2n) is 8.19. The number of rotatable bonds is 1. The van der Waals surface area contributed by atoms with Gasteiger partial charge >= 0.3 is 0 Å². The number of hydrogen-bond donors (Lipinski definition) is 0. The fourth-order valence-electron chi connectivity index (χ4n) is 4.70. The minimum atomic E-state index is -0.293. The van der Waals surface area contributed by atoms with Gasteiger partial charge in [-0.1, -0.05) is 44.2 Å². The number of carbonyl (C=O) groups excluding carboxylic acids is 2. The van der Waals surface area contributed by atoms with Gasteiger partial charge < -0.3 is 0 Å². The molecule has 1 aromatic heterocycles. The molecule has 1 unspecified atom stereocenters. The fourth-order valence-corrected chi connectivity index (χ4v) is 5.57. The molecule has 4 heteroatoms. The first-order valence-electron chi connectivity index (χ1n) is 8.98. The Morgan fingerprint density at radius 2 is 1.77 bits per heavy atom. The Labute approximate surface area is 156 Å². The van der Waals surface area contributed by atoms with Gasteiger partial charge in [-0.25, -0.2) is 0 Å². The van der Waals surface area contributed by atoms with Crippen LogP contribution in [0.2, 0.25) is 0 Å². The Kier molecular flexibility index (Phi) is 3.26. The molecule has 1 fully saturated rings. The summed E-state index contributed by atoms with van der Waals surface area (Å²) in [6, 6.07) is 11.7. The van der Waals surface area contributed by atoms with E-state index in [1.807, 2.05) is 41.8 Å². The third kappa shape index (κ3) is 2.15. The third-order valence-electron chi connectivity index (χ3n) is 5.69. The van der Waals surface area contributed by atoms with Crippen LogP contribution in [-0.2, 0) is 4.79 Å². The number of benzene rings is 1. The molecule has 5 rings (SSSR count). The number of fused-ring (bicyclic) bond motifs is 3. The number of Topliss-reactive ketones (excluding diaryl/α,β-unsaturated/α-hetero) is 2. The fraction of sp³-hybridized carbons (Fsp3) is 0.318. The molecule has 2 aromatic rings. The van der Waals surface area contributed by atoms with Crippen molar-refractivity contribution in [1.82, 2.24) is 0 Å². The number of nitrogens with zero attached hydrogens (tertiary/aromatic N) is 1. The van der Waals surface area contributed by atoms with Crippen molar-refractivity contribution in [2.24, 2.45) is 16.3 Å². The molecular formula is C22H19NO2S. The van der Waals surface area contributed by atoms with Gasteiger partial charge in [0, 0.05) is 39.6 Å². The molecule has 3 nitrogen and oxygen atoms in total. The topological polar surface area (TPSA) is 46.5 Å². The normalized spacial score (nSPS) is 26.3. The zero-order chi connectivity index (χ0) is 18.1. The van der Waals surface area contributed by atoms with Crippen molar-refractivity contribution in [3.8, 4) is 0 Å². The summed E-state index contributed by atoms with van der Waals surface area (Å²) in [4.78, 5) is 32.3. The van der Waals surface area contributed by atoms with E-state index in [4.69, 9.17) is 4.99 Å². The highest BCUT2D eigenvalue weighted by Crippen LogP contribution is 2.52. The number of ketones is 2. The SMILES string of the molecule is CC1(C)CC(=O)C2C(=NC3=C(C(=O)c4ccccc43)[C@@H]2c2cccs2)C1. The Morgan fingerprint density at radius 1 is 1.00 bits per heavy atom. The lowest BCUT2D eigenvalue weighted by Gasteiger charge is -2.40. The number of allylic oxidation sites excluding steroid dienone is 1. The van der Waals surface area contributed by atoms with Gasteiger partial charge in [0.1, 0.15) is 5.78 Å². The van der Waals surface area contributed by atoms with Crippen LogP contribution in [0.4, 0.5) is 0 Å². The van der Waals surface area contributed by atoms with E-state index >= 15 is 0 Å². The quantitative estimate of drug-likeness (QED) is 0.725. The molecule has 2 aliphatic carbocycles. The first-order valence-corrected chi connectivity index (χ1v) is 9.86. The molecule has 1 aromatic carbocycles. The summed E-state index contributed by atoms with van der Waals surface area (Å²) in [7, 11) is 0. The lowest BCUT2D eigenvalue weighted by molar-refractivity contribution is -0.124. The molecular weight excluding hydrogens is 342 g/mol. The van der Waals surface area contributed by atoms with Crippen LogP contribution in [-0.4, -0.2) is 17.3 Å². The van der Waals surface area contributed by atoms with Gasteiger partial charge in [-0.3, -0.25) is 14.6 Å². The molecule has 0 spiro atoms. The summed E-state index contributed by atoms with van der Waals surface area (Å²) in [5.41, 5.74) is 4.01. The van der Waals surface area contributed by atoms with Crippen molar-refractivity contribution in [2.45, 2.75) is 32.6 Å². The summed E-state index contributed by atoms with van der Waals surface area (Å²) in [6.45, 7) is 4.25. The number of thiophene rings is 1. The zero-order valence-corrected chi connectivity index (χ0v) is 15.6. The minimum Gasteiger partial charge on any atom is -0.299 e. The van der Waals surface area contributed by atoms with Crippen LogP contribution in [0.1, 0.15) is 53.4 Å². The van der Waals surface area contributed by atoms with Gasteiger partial charge in [0.2, 0.25) is 0 Å². The molecule has 0 N–H and O–H groups in total. The molecule has 130 valence electrons. The van der Waals surface area contributed by atoms with Crippen LogP contribution < -0.4 is 0 Å². The Morgan fingerprint density at radius 3 is 2.50 bits per heavy atom. The van der Waals surface area contributed by atoms with E-state index in [0.29, 0.717) is 12.0 Å². The van der Waals surface area contributed by atoms with Crippen molar-refractivity contribution in [2.75, 3.05) is 0 Å². The average Bonchev–Trinajstić information content (AvgIpc) is 3.21. The zero-order valence-electron chi connectivity index (χ0n) is 14.8. The molecule has 26 heavy (non-hydrogen) atoms. The highest BCUT2D eigenvalue weighted by Gasteiger charge is 2.50. The van der Waals surface area contributed by atoms with Crippen LogP contribution in [0.5, 0.6) is 0 Å². The predicted molar refractivity (Wildman–Crippen MR) is 104 cm³/mol. The average molecular weight is 361 g/mol. The van der Waals surface area contributed by atoms with Crippen LogP contribution >= 0.6 is 11.3 Å². The van der Waals surface area contributed by atoms with E-state index < -0.39 is 0 Å². The van der Waals surface area contributed by atoms with E-state index in [9.17, 15) is 9.59 Å². The van der Waals surface area contributed by atoms with E-state index in [1.54, 1.807) is 11.3 Å². The third-order valence-corrected chi connectivity index (χ3v) is 6.65. The molecule has 2 atom stereocenters. The molecule has 2 heterocycles. The smallest absolute Gasteiger partial charge is 0.192 e. The van der Waals surface area contributed by atoms with Crippen LogP contribution in [0, 0.1) is 11.3 Å². The monoisotopic (exact) mass is 361 g/mol. The Balaban J connectivity index is 1.76. The first-order chi connectivity index (χ1) is 12.5. The summed E-state index contributed by atoms with van der Waals surface area (Å²) in [5.74, 6) is -0.233.